The molecule has 24 heavy (non-hydrogen) atoms. The van der Waals surface area contributed by atoms with Gasteiger partial charge in [-0.15, -0.1) is 0 Å². The second-order valence-electron chi connectivity index (χ2n) is 5.21. The molecule has 1 unspecified atom stereocenters. The van der Waals surface area contributed by atoms with Crippen LogP contribution in [0.1, 0.15) is 12.8 Å². The van der Waals surface area contributed by atoms with Crippen molar-refractivity contribution >= 4 is 21.8 Å². The van der Waals surface area contributed by atoms with Crippen LogP contribution >= 0.6 is 0 Å². The van der Waals surface area contributed by atoms with Gasteiger partial charge in [0.1, 0.15) is 5.78 Å². The third-order valence-electron chi connectivity index (χ3n) is 3.80. The highest BCUT2D eigenvalue weighted by atomic mass is 32.2. The Kier molecular flexibility index (Phi) is 4.73. The zero-order valence-corrected chi connectivity index (χ0v) is 13.4. The second-order valence-corrected chi connectivity index (χ2v) is 7.07. The second kappa shape index (κ2) is 6.17. The molecule has 0 N–H and O–H groups in total. The highest BCUT2D eigenvalue weighted by molar-refractivity contribution is 7.89. The molecule has 132 valence electrons. The van der Waals surface area contributed by atoms with E-state index in [-0.39, 0.29) is 4.31 Å². The number of rotatable bonds is 3. The molecular weight excluding hydrogens is 351 g/mol. The minimum atomic E-state index is -5.32. The Morgan fingerprint density at radius 2 is 1.83 bits per heavy atom. The van der Waals surface area contributed by atoms with E-state index in [2.05, 4.69) is 4.74 Å². The summed E-state index contributed by atoms with van der Waals surface area (Å²) in [7, 11) is -3.96. The van der Waals surface area contributed by atoms with Crippen LogP contribution in [0.3, 0.4) is 0 Å². The average Bonchev–Trinajstić information content (AvgIpc) is 2.53. The van der Waals surface area contributed by atoms with Crippen LogP contribution in [-0.2, 0) is 24.3 Å². The molecule has 0 saturated carbocycles. The molecule has 1 aromatic carbocycles. The number of hydrogen-bond acceptors (Lipinski definition) is 5. The largest absolute Gasteiger partial charge is 0.467 e. The van der Waals surface area contributed by atoms with Crippen molar-refractivity contribution < 1.29 is 35.9 Å². The minimum absolute atomic E-state index is 0.0303. The zero-order valence-electron chi connectivity index (χ0n) is 12.5. The van der Waals surface area contributed by atoms with Crippen LogP contribution in [0.2, 0.25) is 0 Å². The summed E-state index contributed by atoms with van der Waals surface area (Å²) in [6, 6.07) is 6.41. The van der Waals surface area contributed by atoms with E-state index in [0.29, 0.717) is 7.11 Å². The molecule has 0 aromatic heterocycles. The molecule has 0 spiro atoms. The first-order chi connectivity index (χ1) is 11.1. The molecule has 1 heterocycles. The standard InChI is InChI=1S/C14H14F3NO5S/c1-23-12(20)13(14(15,16)17)9-10(19)7-8-18(13)24(21,22)11-5-3-2-4-6-11/h2-6H,7-9H2,1H3. The number of esters is 1. The Bertz CT molecular complexity index is 747. The first kappa shape index (κ1) is 18.4. The fourth-order valence-electron chi connectivity index (χ4n) is 2.62. The maximum Gasteiger partial charge on any atom is 0.419 e. The minimum Gasteiger partial charge on any atom is -0.467 e. The zero-order chi connectivity index (χ0) is 18.2. The molecule has 1 aromatic rings. The molecule has 1 atom stereocenters. The predicted octanol–water partition coefficient (Wildman–Crippen LogP) is 1.51. The molecule has 2 rings (SSSR count). The van der Waals surface area contributed by atoms with Crippen LogP contribution in [0.15, 0.2) is 35.2 Å². The van der Waals surface area contributed by atoms with Gasteiger partial charge < -0.3 is 4.74 Å². The Labute approximate surface area is 136 Å². The number of carbonyl (C=O) groups is 2. The number of carbonyl (C=O) groups excluding carboxylic acids is 2. The molecule has 10 heteroatoms. The van der Waals surface area contributed by atoms with Gasteiger partial charge in [0.05, 0.1) is 12.0 Å². The lowest BCUT2D eigenvalue weighted by Crippen LogP contribution is -2.68. The fraction of sp³-hybridized carbons (Fsp3) is 0.429. The van der Waals surface area contributed by atoms with E-state index >= 15 is 0 Å². The van der Waals surface area contributed by atoms with Crippen molar-refractivity contribution in [3.05, 3.63) is 30.3 Å². The van der Waals surface area contributed by atoms with Crippen molar-refractivity contribution in [3.8, 4) is 0 Å². The Morgan fingerprint density at radius 3 is 2.33 bits per heavy atom. The Morgan fingerprint density at radius 1 is 1.25 bits per heavy atom. The van der Waals surface area contributed by atoms with Gasteiger partial charge in [-0.25, -0.2) is 13.2 Å². The van der Waals surface area contributed by atoms with Crippen molar-refractivity contribution in [2.75, 3.05) is 13.7 Å². The maximum atomic E-state index is 13.7. The number of Topliss-reactive ketones (excluding diaryl/α,β-unsaturated/α-hetero) is 1. The van der Waals surface area contributed by atoms with Gasteiger partial charge in [0.25, 0.3) is 0 Å². The lowest BCUT2D eigenvalue weighted by atomic mass is 9.87. The number of halogens is 3. The first-order valence-corrected chi connectivity index (χ1v) is 8.26. The number of hydrogen-bond donors (Lipinski definition) is 0. The third-order valence-corrected chi connectivity index (χ3v) is 5.74. The van der Waals surface area contributed by atoms with Gasteiger partial charge in [-0.2, -0.15) is 17.5 Å². The monoisotopic (exact) mass is 365 g/mol. The Balaban J connectivity index is 2.69. The highest BCUT2D eigenvalue weighted by Gasteiger charge is 2.69. The number of piperidine rings is 1. The van der Waals surface area contributed by atoms with Crippen molar-refractivity contribution in [3.63, 3.8) is 0 Å². The summed E-state index contributed by atoms with van der Waals surface area (Å²) in [5.41, 5.74) is -3.56. The van der Waals surface area contributed by atoms with Gasteiger partial charge in [0.15, 0.2) is 0 Å². The van der Waals surface area contributed by atoms with Gasteiger partial charge in [-0.1, -0.05) is 18.2 Å². The molecule has 0 radical (unpaired) electrons. The van der Waals surface area contributed by atoms with Crippen molar-refractivity contribution in [2.45, 2.75) is 29.5 Å². The molecule has 0 bridgehead atoms. The van der Waals surface area contributed by atoms with Gasteiger partial charge in [-0.05, 0) is 12.1 Å². The number of alkyl halides is 3. The number of ketones is 1. The molecule has 1 aliphatic heterocycles. The van der Waals surface area contributed by atoms with Crippen molar-refractivity contribution in [2.24, 2.45) is 0 Å². The van der Waals surface area contributed by atoms with Gasteiger partial charge in [0.2, 0.25) is 15.6 Å². The predicted molar refractivity (Wildman–Crippen MR) is 75.4 cm³/mol. The molecule has 6 nitrogen and oxygen atoms in total. The summed E-state index contributed by atoms with van der Waals surface area (Å²) in [4.78, 5) is 23.2. The summed E-state index contributed by atoms with van der Waals surface area (Å²) in [5, 5.41) is 0. The fourth-order valence-corrected chi connectivity index (χ4v) is 4.36. The van der Waals surface area contributed by atoms with E-state index < -0.39 is 57.8 Å². The quantitative estimate of drug-likeness (QED) is 0.759. The molecule has 1 saturated heterocycles. The van der Waals surface area contributed by atoms with E-state index in [1.807, 2.05) is 0 Å². The van der Waals surface area contributed by atoms with Gasteiger partial charge in [0, 0.05) is 19.4 Å². The number of ether oxygens (including phenoxy) is 1. The van der Waals surface area contributed by atoms with Crippen LogP contribution < -0.4 is 0 Å². The molecule has 1 aliphatic rings. The number of nitrogens with zero attached hydrogens (tertiary/aromatic N) is 1. The molecular formula is C14H14F3NO5S. The SMILES string of the molecule is COC(=O)C1(C(F)(F)F)CC(=O)CCN1S(=O)(=O)c1ccccc1. The van der Waals surface area contributed by atoms with Crippen LogP contribution in [0.5, 0.6) is 0 Å². The maximum absolute atomic E-state index is 13.7. The number of methoxy groups -OCH3 is 1. The average molecular weight is 365 g/mol. The van der Waals surface area contributed by atoms with E-state index in [1.165, 1.54) is 18.2 Å². The van der Waals surface area contributed by atoms with Crippen LogP contribution in [0.4, 0.5) is 13.2 Å². The molecule has 0 aliphatic carbocycles. The smallest absolute Gasteiger partial charge is 0.419 e. The summed E-state index contributed by atoms with van der Waals surface area (Å²) in [6.07, 6.45) is -7.05. The Hall–Kier alpha value is -1.94. The van der Waals surface area contributed by atoms with E-state index in [9.17, 15) is 31.2 Å². The highest BCUT2D eigenvalue weighted by Crippen LogP contribution is 2.44. The van der Waals surface area contributed by atoms with Crippen LogP contribution in [0, 0.1) is 0 Å². The number of sulfonamides is 1. The lowest BCUT2D eigenvalue weighted by molar-refractivity contribution is -0.232. The molecule has 1 fully saturated rings. The summed E-state index contributed by atoms with van der Waals surface area (Å²) < 4.78 is 70.8. The third kappa shape index (κ3) is 2.80. The van der Waals surface area contributed by atoms with Crippen LogP contribution in [-0.4, -0.2) is 49.8 Å². The van der Waals surface area contributed by atoms with Gasteiger partial charge >= 0.3 is 12.1 Å². The van der Waals surface area contributed by atoms with Crippen molar-refractivity contribution in [1.82, 2.24) is 4.31 Å². The topological polar surface area (TPSA) is 80.8 Å². The summed E-state index contributed by atoms with van der Waals surface area (Å²) in [5.74, 6) is -2.69. The van der Waals surface area contributed by atoms with Crippen LogP contribution in [0.25, 0.3) is 0 Å². The normalized spacial score (nSPS) is 23.1. The van der Waals surface area contributed by atoms with E-state index in [4.69, 9.17) is 0 Å². The van der Waals surface area contributed by atoms with E-state index in [0.717, 1.165) is 12.1 Å². The summed E-state index contributed by atoms with van der Waals surface area (Å²) in [6.45, 7) is -0.759. The first-order valence-electron chi connectivity index (χ1n) is 6.82. The number of benzene rings is 1. The molecule has 0 amide bonds. The van der Waals surface area contributed by atoms with E-state index in [1.54, 1.807) is 0 Å². The van der Waals surface area contributed by atoms with Crippen molar-refractivity contribution in [1.29, 1.82) is 0 Å². The summed E-state index contributed by atoms with van der Waals surface area (Å²) >= 11 is 0. The van der Waals surface area contributed by atoms with Gasteiger partial charge in [-0.3, -0.25) is 4.79 Å². The lowest BCUT2D eigenvalue weighted by Gasteiger charge is -2.43.